The van der Waals surface area contributed by atoms with E-state index in [9.17, 15) is 0 Å². The fourth-order valence-electron chi connectivity index (χ4n) is 3.85. The van der Waals surface area contributed by atoms with E-state index < -0.39 is 0 Å². The van der Waals surface area contributed by atoms with Crippen LogP contribution in [0.15, 0.2) is 42.6 Å². The molecule has 0 unspecified atom stereocenters. The predicted octanol–water partition coefficient (Wildman–Crippen LogP) is 2.87. The second kappa shape index (κ2) is 7.93. The van der Waals surface area contributed by atoms with Crippen molar-refractivity contribution in [3.05, 3.63) is 54.1 Å². The number of nitrogens with two attached hydrogens (primary N) is 1. The highest BCUT2D eigenvalue weighted by Gasteiger charge is 2.28. The predicted molar refractivity (Wildman–Crippen MR) is 109 cm³/mol. The van der Waals surface area contributed by atoms with E-state index in [2.05, 4.69) is 43.3 Å². The molecule has 1 saturated heterocycles. The Hall–Kier alpha value is -3.00. The average molecular weight is 378 g/mol. The Bertz CT molecular complexity index is 923. The van der Waals surface area contributed by atoms with Crippen LogP contribution in [-0.2, 0) is 7.05 Å². The van der Waals surface area contributed by atoms with Crippen molar-refractivity contribution in [2.24, 2.45) is 7.05 Å². The Morgan fingerprint density at radius 1 is 1.14 bits per heavy atom. The largest absolute Gasteiger partial charge is 0.368 e. The number of anilines is 3. The van der Waals surface area contributed by atoms with Gasteiger partial charge in [-0.3, -0.25) is 9.58 Å². The number of likely N-dealkylation sites (tertiary alicyclic amines) is 1. The number of aromatic nitrogens is 5. The lowest BCUT2D eigenvalue weighted by Gasteiger charge is -2.36. The lowest BCUT2D eigenvalue weighted by Crippen LogP contribution is -2.37. The van der Waals surface area contributed by atoms with Gasteiger partial charge in [-0.15, -0.1) is 0 Å². The Balaban J connectivity index is 1.52. The maximum atomic E-state index is 5.97. The van der Waals surface area contributed by atoms with Crippen molar-refractivity contribution in [2.75, 3.05) is 24.1 Å². The van der Waals surface area contributed by atoms with Gasteiger partial charge < -0.3 is 11.1 Å². The molecule has 1 fully saturated rings. The molecule has 28 heavy (non-hydrogen) atoms. The molecule has 8 nitrogen and oxygen atoms in total. The van der Waals surface area contributed by atoms with Crippen LogP contribution in [0.2, 0.25) is 0 Å². The third kappa shape index (κ3) is 3.96. The first-order valence-corrected chi connectivity index (χ1v) is 9.65. The van der Waals surface area contributed by atoms with Crippen molar-refractivity contribution in [3.8, 4) is 0 Å². The fourth-order valence-corrected chi connectivity index (χ4v) is 3.85. The molecule has 3 heterocycles. The van der Waals surface area contributed by atoms with E-state index >= 15 is 0 Å². The number of hydrogen-bond donors (Lipinski definition) is 2. The minimum atomic E-state index is 0.0534. The van der Waals surface area contributed by atoms with E-state index in [0.717, 1.165) is 25.2 Å². The van der Waals surface area contributed by atoms with Gasteiger partial charge in [0, 0.05) is 37.1 Å². The number of piperidine rings is 1. The summed E-state index contributed by atoms with van der Waals surface area (Å²) in [5.74, 6) is 1.86. The molecule has 1 aromatic carbocycles. The van der Waals surface area contributed by atoms with Gasteiger partial charge in [0.25, 0.3) is 0 Å². The second-order valence-electron chi connectivity index (χ2n) is 7.26. The molecule has 2 aromatic heterocycles. The number of rotatable bonds is 5. The van der Waals surface area contributed by atoms with Gasteiger partial charge in [-0.05, 0) is 44.5 Å². The van der Waals surface area contributed by atoms with Gasteiger partial charge in [0.05, 0.1) is 6.04 Å². The average Bonchev–Trinajstić information content (AvgIpc) is 3.14. The number of aryl methyl sites for hydroxylation is 1. The van der Waals surface area contributed by atoms with Crippen molar-refractivity contribution in [2.45, 2.75) is 31.7 Å². The summed E-state index contributed by atoms with van der Waals surface area (Å²) in [5, 5.41) is 7.53. The molecule has 4 rings (SSSR count). The Kier molecular flexibility index (Phi) is 5.21. The molecule has 0 aliphatic carbocycles. The van der Waals surface area contributed by atoms with Crippen LogP contribution in [-0.4, -0.2) is 42.7 Å². The summed E-state index contributed by atoms with van der Waals surface area (Å²) in [6, 6.07) is 12.0. The van der Waals surface area contributed by atoms with E-state index in [1.54, 1.807) is 0 Å². The summed E-state index contributed by atoms with van der Waals surface area (Å²) < 4.78 is 1.97. The molecular formula is C20H26N8. The zero-order valence-corrected chi connectivity index (χ0v) is 16.3. The van der Waals surface area contributed by atoms with Crippen LogP contribution in [0.4, 0.5) is 17.6 Å². The van der Waals surface area contributed by atoms with E-state index in [4.69, 9.17) is 5.73 Å². The third-order valence-corrected chi connectivity index (χ3v) is 5.35. The molecule has 2 atom stereocenters. The number of hydrogen-bond acceptors (Lipinski definition) is 7. The Labute approximate surface area is 164 Å². The minimum absolute atomic E-state index is 0.0534. The Morgan fingerprint density at radius 3 is 2.71 bits per heavy atom. The van der Waals surface area contributed by atoms with E-state index in [1.807, 2.05) is 48.3 Å². The number of nitrogen functional groups attached to an aromatic ring is 1. The lowest BCUT2D eigenvalue weighted by molar-refractivity contribution is 0.150. The van der Waals surface area contributed by atoms with Gasteiger partial charge in [0.1, 0.15) is 0 Å². The van der Waals surface area contributed by atoms with Crippen LogP contribution in [0, 0.1) is 0 Å². The molecule has 0 spiro atoms. The first kappa shape index (κ1) is 18.4. The first-order valence-electron chi connectivity index (χ1n) is 9.65. The maximum Gasteiger partial charge on any atom is 0.232 e. The molecule has 0 radical (unpaired) electrons. The highest BCUT2D eigenvalue weighted by atomic mass is 15.3. The minimum Gasteiger partial charge on any atom is -0.368 e. The maximum absolute atomic E-state index is 5.97. The van der Waals surface area contributed by atoms with Crippen molar-refractivity contribution in [1.82, 2.24) is 29.6 Å². The summed E-state index contributed by atoms with van der Waals surface area (Å²) >= 11 is 0. The summed E-state index contributed by atoms with van der Waals surface area (Å²) in [5.41, 5.74) is 8.17. The van der Waals surface area contributed by atoms with Crippen molar-refractivity contribution in [3.63, 3.8) is 0 Å². The number of para-hydroxylation sites is 1. The number of nitrogens with one attached hydrogen (secondary N) is 1. The molecule has 3 N–H and O–H groups in total. The van der Waals surface area contributed by atoms with Crippen LogP contribution >= 0.6 is 0 Å². The van der Waals surface area contributed by atoms with Crippen LogP contribution in [0.25, 0.3) is 0 Å². The standard InChI is InChI=1S/C20H26N8/c1-14(28-12-6-7-15(13-28)17-10-11-22-27(17)2)18-24-19(21)26-20(25-18)23-16-8-4-3-5-9-16/h3-5,8-11,14-15H,6-7,12-13H2,1-2H3,(H3,21,23,24,25,26)/t14-,15+/m1/s1. The zero-order chi connectivity index (χ0) is 19.5. The number of nitrogens with zero attached hydrogens (tertiary/aromatic N) is 6. The van der Waals surface area contributed by atoms with Gasteiger partial charge >= 0.3 is 0 Å². The summed E-state index contributed by atoms with van der Waals surface area (Å²) in [4.78, 5) is 15.7. The molecule has 1 aliphatic rings. The fraction of sp³-hybridized carbons (Fsp3) is 0.400. The molecule has 0 amide bonds. The van der Waals surface area contributed by atoms with Crippen molar-refractivity contribution >= 4 is 17.6 Å². The highest BCUT2D eigenvalue weighted by molar-refractivity contribution is 5.53. The van der Waals surface area contributed by atoms with Gasteiger partial charge in [-0.2, -0.15) is 20.1 Å². The molecule has 3 aromatic rings. The quantitative estimate of drug-likeness (QED) is 0.704. The number of benzene rings is 1. The first-order chi connectivity index (χ1) is 13.6. The zero-order valence-electron chi connectivity index (χ0n) is 16.3. The van der Waals surface area contributed by atoms with Gasteiger partial charge in [-0.1, -0.05) is 18.2 Å². The van der Waals surface area contributed by atoms with Crippen molar-refractivity contribution in [1.29, 1.82) is 0 Å². The van der Waals surface area contributed by atoms with E-state index in [0.29, 0.717) is 17.7 Å². The smallest absolute Gasteiger partial charge is 0.232 e. The topological polar surface area (TPSA) is 97.8 Å². The molecule has 8 heteroatoms. The van der Waals surface area contributed by atoms with Crippen LogP contribution in [0.1, 0.15) is 43.2 Å². The normalized spacial score (nSPS) is 18.7. The van der Waals surface area contributed by atoms with Gasteiger partial charge in [-0.25, -0.2) is 0 Å². The summed E-state index contributed by atoms with van der Waals surface area (Å²) in [6.45, 7) is 4.10. The molecular weight excluding hydrogens is 352 g/mol. The Morgan fingerprint density at radius 2 is 1.96 bits per heavy atom. The lowest BCUT2D eigenvalue weighted by atomic mass is 9.93. The van der Waals surface area contributed by atoms with Crippen LogP contribution in [0.3, 0.4) is 0 Å². The second-order valence-corrected chi connectivity index (χ2v) is 7.26. The monoisotopic (exact) mass is 378 g/mol. The molecule has 0 saturated carbocycles. The van der Waals surface area contributed by atoms with Gasteiger partial charge in [0.15, 0.2) is 5.82 Å². The highest BCUT2D eigenvalue weighted by Crippen LogP contribution is 2.31. The summed E-state index contributed by atoms with van der Waals surface area (Å²) in [6.07, 6.45) is 4.17. The van der Waals surface area contributed by atoms with Crippen molar-refractivity contribution < 1.29 is 0 Å². The molecule has 146 valence electrons. The van der Waals surface area contributed by atoms with E-state index in [-0.39, 0.29) is 12.0 Å². The molecule has 1 aliphatic heterocycles. The van der Waals surface area contributed by atoms with Crippen LogP contribution < -0.4 is 11.1 Å². The molecule has 0 bridgehead atoms. The third-order valence-electron chi connectivity index (χ3n) is 5.35. The SMILES string of the molecule is C[C@H](c1nc(N)nc(Nc2ccccc2)n1)N1CCC[C@H](c2ccnn2C)C1. The summed E-state index contributed by atoms with van der Waals surface area (Å²) in [7, 11) is 2.01. The van der Waals surface area contributed by atoms with Gasteiger partial charge in [0.2, 0.25) is 11.9 Å². The van der Waals surface area contributed by atoms with Crippen LogP contribution in [0.5, 0.6) is 0 Å². The van der Waals surface area contributed by atoms with E-state index in [1.165, 1.54) is 12.1 Å².